The lowest BCUT2D eigenvalue weighted by atomic mass is 9.89. The Kier molecular flexibility index (Phi) is 4.05. The van der Waals surface area contributed by atoms with E-state index in [1.807, 2.05) is 12.3 Å². The van der Waals surface area contributed by atoms with Crippen LogP contribution in [0.4, 0.5) is 0 Å². The van der Waals surface area contributed by atoms with Gasteiger partial charge >= 0.3 is 5.97 Å². The largest absolute Gasteiger partial charge is 0.459 e. The molecule has 0 aromatic carbocycles. The van der Waals surface area contributed by atoms with Gasteiger partial charge < -0.3 is 4.74 Å². The van der Waals surface area contributed by atoms with Crippen molar-refractivity contribution in [1.29, 1.82) is 0 Å². The number of carbonyl (C=O) groups excluding carboxylic acids is 1. The highest BCUT2D eigenvalue weighted by molar-refractivity contribution is 7.15. The normalized spacial score (nSPS) is 16.2. The van der Waals surface area contributed by atoms with Crippen LogP contribution in [-0.4, -0.2) is 15.4 Å². The maximum atomic E-state index is 12.0. The van der Waals surface area contributed by atoms with E-state index in [1.54, 1.807) is 4.40 Å². The first-order valence-corrected chi connectivity index (χ1v) is 8.16. The predicted octanol–water partition coefficient (Wildman–Crippen LogP) is 2.69. The summed E-state index contributed by atoms with van der Waals surface area (Å²) in [5.41, 5.74) is 1.27. The van der Waals surface area contributed by atoms with E-state index in [4.69, 9.17) is 4.74 Å². The molecule has 3 rings (SSSR count). The molecule has 0 amide bonds. The number of ether oxygens (including phenoxy) is 1. The van der Waals surface area contributed by atoms with Crippen molar-refractivity contribution in [3.8, 4) is 0 Å². The smallest absolute Gasteiger partial charge is 0.309 e. The number of hydrogen-bond donors (Lipinski definition) is 0. The van der Waals surface area contributed by atoms with Gasteiger partial charge in [0.1, 0.15) is 6.61 Å². The van der Waals surface area contributed by atoms with Crippen LogP contribution < -0.4 is 5.56 Å². The second-order valence-electron chi connectivity index (χ2n) is 5.52. The van der Waals surface area contributed by atoms with Crippen molar-refractivity contribution >= 4 is 22.3 Å². The molecular weight excluding hydrogens is 288 g/mol. The Hall–Kier alpha value is -1.69. The standard InChI is InChI=1S/C15H18N2O3S/c1-10-9-21-15-16-12(7-13(18)17(10)15)8-20-14(19)11-5-3-2-4-6-11/h7,9,11H,2-6,8H2,1H3. The monoisotopic (exact) mass is 306 g/mol. The first kappa shape index (κ1) is 14.3. The third-order valence-corrected chi connectivity index (χ3v) is 4.87. The number of aryl methyl sites for hydroxylation is 1. The molecule has 0 spiro atoms. The highest BCUT2D eigenvalue weighted by Gasteiger charge is 2.22. The first-order valence-electron chi connectivity index (χ1n) is 7.28. The van der Waals surface area contributed by atoms with Gasteiger partial charge in [0, 0.05) is 17.1 Å². The van der Waals surface area contributed by atoms with Gasteiger partial charge in [-0.15, -0.1) is 11.3 Å². The Balaban J connectivity index is 1.70. The topological polar surface area (TPSA) is 60.7 Å². The van der Waals surface area contributed by atoms with Crippen molar-refractivity contribution in [2.45, 2.75) is 45.6 Å². The second-order valence-corrected chi connectivity index (χ2v) is 6.36. The lowest BCUT2D eigenvalue weighted by Crippen LogP contribution is -2.21. The SMILES string of the molecule is Cc1csc2nc(COC(=O)C3CCCCC3)cc(=O)n12. The zero-order valence-electron chi connectivity index (χ0n) is 12.0. The van der Waals surface area contributed by atoms with E-state index in [2.05, 4.69) is 4.98 Å². The lowest BCUT2D eigenvalue weighted by molar-refractivity contribution is -0.151. The molecule has 1 aliphatic carbocycles. The molecule has 21 heavy (non-hydrogen) atoms. The summed E-state index contributed by atoms with van der Waals surface area (Å²) in [6, 6.07) is 1.45. The van der Waals surface area contributed by atoms with Gasteiger partial charge in [-0.25, -0.2) is 4.98 Å². The fourth-order valence-electron chi connectivity index (χ4n) is 2.78. The number of fused-ring (bicyclic) bond motifs is 1. The van der Waals surface area contributed by atoms with E-state index in [9.17, 15) is 9.59 Å². The molecule has 0 bridgehead atoms. The van der Waals surface area contributed by atoms with Crippen molar-refractivity contribution < 1.29 is 9.53 Å². The summed E-state index contributed by atoms with van der Waals surface area (Å²) in [5.74, 6) is -0.133. The van der Waals surface area contributed by atoms with Gasteiger partial charge in [-0.3, -0.25) is 14.0 Å². The van der Waals surface area contributed by atoms with Crippen LogP contribution in [0.15, 0.2) is 16.2 Å². The number of esters is 1. The molecule has 1 aliphatic rings. The van der Waals surface area contributed by atoms with E-state index in [0.717, 1.165) is 31.4 Å². The van der Waals surface area contributed by atoms with Crippen LogP contribution in [0, 0.1) is 12.8 Å². The van der Waals surface area contributed by atoms with Crippen molar-refractivity contribution in [3.05, 3.63) is 33.2 Å². The number of hydrogen-bond acceptors (Lipinski definition) is 5. The number of rotatable bonds is 3. The highest BCUT2D eigenvalue weighted by Crippen LogP contribution is 2.24. The van der Waals surface area contributed by atoms with Crippen LogP contribution in [0.5, 0.6) is 0 Å². The average Bonchev–Trinajstić information content (AvgIpc) is 2.87. The van der Waals surface area contributed by atoms with Crippen LogP contribution in [0.3, 0.4) is 0 Å². The Labute approximate surface area is 126 Å². The van der Waals surface area contributed by atoms with E-state index >= 15 is 0 Å². The van der Waals surface area contributed by atoms with Gasteiger partial charge in [0.05, 0.1) is 11.6 Å². The van der Waals surface area contributed by atoms with Gasteiger partial charge in [0.2, 0.25) is 0 Å². The molecule has 6 heteroatoms. The molecule has 112 valence electrons. The summed E-state index contributed by atoms with van der Waals surface area (Å²) in [5, 5.41) is 1.89. The maximum absolute atomic E-state index is 12.0. The zero-order valence-corrected chi connectivity index (χ0v) is 12.8. The molecule has 2 heterocycles. The Morgan fingerprint density at radius 2 is 2.19 bits per heavy atom. The van der Waals surface area contributed by atoms with Gasteiger partial charge in [0.25, 0.3) is 5.56 Å². The number of aromatic nitrogens is 2. The number of thiazole rings is 1. The molecule has 1 saturated carbocycles. The first-order chi connectivity index (χ1) is 10.1. The third kappa shape index (κ3) is 3.00. The maximum Gasteiger partial charge on any atom is 0.309 e. The predicted molar refractivity (Wildman–Crippen MR) is 80.4 cm³/mol. The summed E-state index contributed by atoms with van der Waals surface area (Å²) in [6.07, 6.45) is 5.23. The fraction of sp³-hybridized carbons (Fsp3) is 0.533. The van der Waals surface area contributed by atoms with Crippen molar-refractivity contribution in [2.24, 2.45) is 5.92 Å². The molecule has 1 fully saturated rings. The van der Waals surface area contributed by atoms with E-state index < -0.39 is 0 Å². The quantitative estimate of drug-likeness (QED) is 0.818. The summed E-state index contributed by atoms with van der Waals surface area (Å²) >= 11 is 1.42. The Bertz CT molecular complexity index is 713. The lowest BCUT2D eigenvalue weighted by Gasteiger charge is -2.19. The van der Waals surface area contributed by atoms with Crippen LogP contribution in [0.1, 0.15) is 43.5 Å². The van der Waals surface area contributed by atoms with Gasteiger partial charge in [0.15, 0.2) is 4.96 Å². The van der Waals surface area contributed by atoms with E-state index in [0.29, 0.717) is 10.7 Å². The summed E-state index contributed by atoms with van der Waals surface area (Å²) < 4.78 is 6.90. The molecule has 0 atom stereocenters. The van der Waals surface area contributed by atoms with Gasteiger partial charge in [-0.05, 0) is 19.8 Å². The average molecular weight is 306 g/mol. The van der Waals surface area contributed by atoms with Crippen LogP contribution in [0.25, 0.3) is 4.96 Å². The summed E-state index contributed by atoms with van der Waals surface area (Å²) in [6.45, 7) is 1.95. The Morgan fingerprint density at radius 1 is 1.43 bits per heavy atom. The molecule has 5 nitrogen and oxygen atoms in total. The molecular formula is C15H18N2O3S. The van der Waals surface area contributed by atoms with Crippen molar-refractivity contribution in [1.82, 2.24) is 9.38 Å². The van der Waals surface area contributed by atoms with Crippen LogP contribution in [-0.2, 0) is 16.1 Å². The molecule has 2 aromatic heterocycles. The summed E-state index contributed by atoms with van der Waals surface area (Å²) in [4.78, 5) is 29.0. The molecule has 0 radical (unpaired) electrons. The number of carbonyl (C=O) groups is 1. The molecule has 0 N–H and O–H groups in total. The third-order valence-electron chi connectivity index (χ3n) is 3.93. The van der Waals surface area contributed by atoms with Crippen molar-refractivity contribution in [3.63, 3.8) is 0 Å². The highest BCUT2D eigenvalue weighted by atomic mass is 32.1. The minimum absolute atomic E-state index is 0.0209. The zero-order chi connectivity index (χ0) is 14.8. The molecule has 2 aromatic rings. The fourth-order valence-corrected chi connectivity index (χ4v) is 3.67. The van der Waals surface area contributed by atoms with E-state index in [1.165, 1.54) is 23.8 Å². The van der Waals surface area contributed by atoms with E-state index in [-0.39, 0.29) is 24.1 Å². The molecule has 0 unspecified atom stereocenters. The number of nitrogens with zero attached hydrogens (tertiary/aromatic N) is 2. The van der Waals surface area contributed by atoms with Gasteiger partial charge in [-0.2, -0.15) is 0 Å². The molecule has 0 saturated heterocycles. The minimum Gasteiger partial charge on any atom is -0.459 e. The van der Waals surface area contributed by atoms with Crippen molar-refractivity contribution in [2.75, 3.05) is 0 Å². The second kappa shape index (κ2) is 5.97. The van der Waals surface area contributed by atoms with Crippen LogP contribution >= 0.6 is 11.3 Å². The molecule has 0 aliphatic heterocycles. The summed E-state index contributed by atoms with van der Waals surface area (Å²) in [7, 11) is 0. The van der Waals surface area contributed by atoms with Gasteiger partial charge in [-0.1, -0.05) is 19.3 Å². The Morgan fingerprint density at radius 3 is 2.95 bits per heavy atom. The van der Waals surface area contributed by atoms with Crippen LogP contribution in [0.2, 0.25) is 0 Å². The minimum atomic E-state index is -0.154.